The van der Waals surface area contributed by atoms with Crippen molar-refractivity contribution in [2.24, 2.45) is 10.9 Å². The van der Waals surface area contributed by atoms with Crippen LogP contribution in [0.4, 0.5) is 0 Å². The molecular weight excluding hydrogens is 493 g/mol. The predicted molar refractivity (Wildman–Crippen MR) is 130 cm³/mol. The molecule has 1 aliphatic carbocycles. The molecule has 1 aromatic carbocycles. The average Bonchev–Trinajstić information content (AvgIpc) is 3.42. The van der Waals surface area contributed by atoms with E-state index in [4.69, 9.17) is 4.42 Å². The molecule has 30 heavy (non-hydrogen) atoms. The first kappa shape index (κ1) is 24.2. The van der Waals surface area contributed by atoms with Gasteiger partial charge in [0.05, 0.1) is 6.54 Å². The number of rotatable bonds is 9. The first-order valence-electron chi connectivity index (χ1n) is 10.5. The largest absolute Gasteiger partial charge is 0.444 e. The molecule has 0 saturated heterocycles. The standard InChI is InChI=1S/C22H31N5O2.HI/c1-2-23-22(25-13-12-24-20(28)14-17-8-6-7-9-17)26-15-19-16-29-21(27-19)18-10-4-3-5-11-18;/h3-5,10-11,16-17H,2,6-9,12-15H2,1H3,(H,24,28)(H2,23,25,26);1H. The van der Waals surface area contributed by atoms with Crippen LogP contribution in [0.2, 0.25) is 0 Å². The Bertz CT molecular complexity index is 788. The van der Waals surface area contributed by atoms with Crippen molar-refractivity contribution in [1.29, 1.82) is 0 Å². The minimum atomic E-state index is 0. The number of aromatic nitrogens is 1. The van der Waals surface area contributed by atoms with Crippen LogP contribution in [0.25, 0.3) is 11.5 Å². The lowest BCUT2D eigenvalue weighted by molar-refractivity contribution is -0.121. The molecule has 164 valence electrons. The molecule has 0 spiro atoms. The van der Waals surface area contributed by atoms with Gasteiger partial charge in [-0.3, -0.25) is 4.79 Å². The lowest BCUT2D eigenvalue weighted by Crippen LogP contribution is -2.41. The maximum absolute atomic E-state index is 12.0. The topological polar surface area (TPSA) is 91.6 Å². The highest BCUT2D eigenvalue weighted by molar-refractivity contribution is 14.0. The zero-order chi connectivity index (χ0) is 20.3. The van der Waals surface area contributed by atoms with Gasteiger partial charge in [-0.25, -0.2) is 9.98 Å². The summed E-state index contributed by atoms with van der Waals surface area (Å²) < 4.78 is 5.55. The molecule has 0 radical (unpaired) electrons. The van der Waals surface area contributed by atoms with Gasteiger partial charge in [-0.1, -0.05) is 31.0 Å². The number of aliphatic imine (C=N–C) groups is 1. The van der Waals surface area contributed by atoms with Gasteiger partial charge in [-0.2, -0.15) is 0 Å². The monoisotopic (exact) mass is 525 g/mol. The molecule has 1 aromatic heterocycles. The zero-order valence-corrected chi connectivity index (χ0v) is 19.9. The van der Waals surface area contributed by atoms with Crippen LogP contribution in [-0.4, -0.2) is 36.5 Å². The quantitative estimate of drug-likeness (QED) is 0.201. The number of carbonyl (C=O) groups excluding carboxylic acids is 1. The third kappa shape index (κ3) is 7.97. The molecule has 1 fully saturated rings. The molecule has 7 nitrogen and oxygen atoms in total. The van der Waals surface area contributed by atoms with Crippen molar-refractivity contribution in [2.45, 2.75) is 45.6 Å². The summed E-state index contributed by atoms with van der Waals surface area (Å²) in [6, 6.07) is 9.80. The van der Waals surface area contributed by atoms with E-state index in [-0.39, 0.29) is 29.9 Å². The number of nitrogens with one attached hydrogen (secondary N) is 3. The Morgan fingerprint density at radius 1 is 1.13 bits per heavy atom. The Morgan fingerprint density at radius 2 is 1.87 bits per heavy atom. The Kier molecular flexibility index (Phi) is 10.7. The van der Waals surface area contributed by atoms with Gasteiger partial charge in [-0.05, 0) is 37.8 Å². The molecule has 1 saturated carbocycles. The lowest BCUT2D eigenvalue weighted by Gasteiger charge is -2.12. The minimum absolute atomic E-state index is 0. The highest BCUT2D eigenvalue weighted by Crippen LogP contribution is 2.27. The summed E-state index contributed by atoms with van der Waals surface area (Å²) in [6.45, 7) is 4.40. The molecule has 2 aromatic rings. The second-order valence-corrected chi connectivity index (χ2v) is 7.34. The molecule has 0 aliphatic heterocycles. The van der Waals surface area contributed by atoms with Crippen LogP contribution < -0.4 is 16.0 Å². The number of carbonyl (C=O) groups is 1. The highest BCUT2D eigenvalue weighted by Gasteiger charge is 2.17. The fourth-order valence-corrected chi connectivity index (χ4v) is 3.53. The molecule has 0 atom stereocenters. The fourth-order valence-electron chi connectivity index (χ4n) is 3.53. The highest BCUT2D eigenvalue weighted by atomic mass is 127. The first-order chi connectivity index (χ1) is 14.2. The molecule has 3 rings (SSSR count). The van der Waals surface area contributed by atoms with Crippen molar-refractivity contribution in [3.63, 3.8) is 0 Å². The van der Waals surface area contributed by atoms with Crippen LogP contribution in [0.5, 0.6) is 0 Å². The third-order valence-electron chi connectivity index (χ3n) is 5.00. The summed E-state index contributed by atoms with van der Waals surface area (Å²) in [4.78, 5) is 21.0. The van der Waals surface area contributed by atoms with Crippen LogP contribution in [0.1, 0.15) is 44.7 Å². The van der Waals surface area contributed by atoms with Gasteiger partial charge in [0, 0.05) is 31.6 Å². The summed E-state index contributed by atoms with van der Waals surface area (Å²) in [6.07, 6.45) is 7.21. The molecule has 0 bridgehead atoms. The maximum Gasteiger partial charge on any atom is 0.226 e. The number of hydrogen-bond acceptors (Lipinski definition) is 4. The van der Waals surface area contributed by atoms with Crippen molar-refractivity contribution in [3.8, 4) is 11.5 Å². The van der Waals surface area contributed by atoms with Crippen molar-refractivity contribution < 1.29 is 9.21 Å². The molecule has 1 amide bonds. The molecule has 8 heteroatoms. The van der Waals surface area contributed by atoms with Crippen molar-refractivity contribution in [1.82, 2.24) is 20.9 Å². The second-order valence-electron chi connectivity index (χ2n) is 7.34. The normalized spacial score (nSPS) is 14.2. The number of benzene rings is 1. The Hall–Kier alpha value is -2.10. The summed E-state index contributed by atoms with van der Waals surface area (Å²) in [5.41, 5.74) is 1.71. The number of guanidine groups is 1. The molecule has 0 unspecified atom stereocenters. The van der Waals surface area contributed by atoms with Crippen molar-refractivity contribution >= 4 is 35.8 Å². The van der Waals surface area contributed by atoms with Crippen LogP contribution in [0.3, 0.4) is 0 Å². The fraction of sp³-hybridized carbons (Fsp3) is 0.500. The number of nitrogens with zero attached hydrogens (tertiary/aromatic N) is 2. The van der Waals surface area contributed by atoms with Gasteiger partial charge in [0.25, 0.3) is 0 Å². The molecule has 1 heterocycles. The summed E-state index contributed by atoms with van der Waals surface area (Å²) in [7, 11) is 0. The summed E-state index contributed by atoms with van der Waals surface area (Å²) in [5.74, 6) is 2.02. The van der Waals surface area contributed by atoms with Crippen LogP contribution in [0, 0.1) is 5.92 Å². The van der Waals surface area contributed by atoms with Gasteiger partial charge >= 0.3 is 0 Å². The van der Waals surface area contributed by atoms with E-state index in [0.717, 1.165) is 17.8 Å². The Balaban J connectivity index is 0.00000320. The predicted octanol–water partition coefficient (Wildman–Crippen LogP) is 3.71. The third-order valence-corrected chi connectivity index (χ3v) is 5.00. The van der Waals surface area contributed by atoms with Gasteiger partial charge < -0.3 is 20.4 Å². The van der Waals surface area contributed by atoms with Crippen molar-refractivity contribution in [3.05, 3.63) is 42.3 Å². The van der Waals surface area contributed by atoms with Crippen LogP contribution in [-0.2, 0) is 11.3 Å². The van der Waals surface area contributed by atoms with Gasteiger partial charge in [-0.15, -0.1) is 24.0 Å². The average molecular weight is 525 g/mol. The lowest BCUT2D eigenvalue weighted by atomic mass is 10.0. The number of amides is 1. The Morgan fingerprint density at radius 3 is 2.60 bits per heavy atom. The Labute approximate surface area is 195 Å². The zero-order valence-electron chi connectivity index (χ0n) is 17.5. The van der Waals surface area contributed by atoms with Crippen LogP contribution >= 0.6 is 24.0 Å². The van der Waals surface area contributed by atoms with E-state index < -0.39 is 0 Å². The van der Waals surface area contributed by atoms with Gasteiger partial charge in [0.1, 0.15) is 12.0 Å². The minimum Gasteiger partial charge on any atom is -0.444 e. The smallest absolute Gasteiger partial charge is 0.226 e. The van der Waals surface area contributed by atoms with Crippen LogP contribution in [0.15, 0.2) is 46.0 Å². The van der Waals surface area contributed by atoms with Gasteiger partial charge in [0.2, 0.25) is 11.8 Å². The van der Waals surface area contributed by atoms with Crippen molar-refractivity contribution in [2.75, 3.05) is 19.6 Å². The van der Waals surface area contributed by atoms with E-state index in [1.54, 1.807) is 6.26 Å². The summed E-state index contributed by atoms with van der Waals surface area (Å²) in [5, 5.41) is 9.44. The van der Waals surface area contributed by atoms with Gasteiger partial charge in [0.15, 0.2) is 5.96 Å². The van der Waals surface area contributed by atoms with E-state index >= 15 is 0 Å². The van der Waals surface area contributed by atoms with E-state index in [0.29, 0.717) is 43.8 Å². The molecule has 1 aliphatic rings. The second kappa shape index (κ2) is 13.3. The number of oxazole rings is 1. The number of halogens is 1. The number of hydrogen-bond donors (Lipinski definition) is 3. The SMILES string of the molecule is CCNC(=NCc1coc(-c2ccccc2)n1)NCCNC(=O)CC1CCCC1.I. The first-order valence-corrected chi connectivity index (χ1v) is 10.5. The maximum atomic E-state index is 12.0. The molecule has 3 N–H and O–H groups in total. The summed E-state index contributed by atoms with van der Waals surface area (Å²) >= 11 is 0. The van der Waals surface area contributed by atoms with E-state index in [1.807, 2.05) is 37.3 Å². The molecular formula is C22H32IN5O2. The van der Waals surface area contributed by atoms with E-state index in [1.165, 1.54) is 25.7 Å². The van der Waals surface area contributed by atoms with E-state index in [9.17, 15) is 4.79 Å². The van der Waals surface area contributed by atoms with E-state index in [2.05, 4.69) is 25.9 Å².